The Morgan fingerprint density at radius 3 is 2.79 bits per heavy atom. The summed E-state index contributed by atoms with van der Waals surface area (Å²) < 4.78 is 0. The van der Waals surface area contributed by atoms with Crippen LogP contribution in [0.2, 0.25) is 5.02 Å². The van der Waals surface area contributed by atoms with Crippen LogP contribution in [0.25, 0.3) is 0 Å². The third kappa shape index (κ3) is 5.65. The highest BCUT2D eigenvalue weighted by atomic mass is 35.5. The quantitative estimate of drug-likeness (QED) is 0.334. The van der Waals surface area contributed by atoms with Gasteiger partial charge >= 0.3 is 0 Å². The fourth-order valence-corrected chi connectivity index (χ4v) is 4.18. The maximum absolute atomic E-state index is 13.2. The Morgan fingerprint density at radius 1 is 1.38 bits per heavy atom. The van der Waals surface area contributed by atoms with E-state index in [0.717, 1.165) is 25.7 Å². The highest BCUT2D eigenvalue weighted by Gasteiger charge is 2.39. The maximum Gasteiger partial charge on any atom is 0.250 e. The van der Waals surface area contributed by atoms with E-state index in [1.165, 1.54) is 11.2 Å². The summed E-state index contributed by atoms with van der Waals surface area (Å²) in [6.07, 6.45) is 7.09. The molecule has 9 nitrogen and oxygen atoms in total. The third-order valence-electron chi connectivity index (χ3n) is 5.50. The number of hydrogen-bond donors (Lipinski definition) is 3. The van der Waals surface area contributed by atoms with E-state index in [0.29, 0.717) is 47.6 Å². The van der Waals surface area contributed by atoms with Gasteiger partial charge in [-0.05, 0) is 30.9 Å². The van der Waals surface area contributed by atoms with Gasteiger partial charge in [0.1, 0.15) is 11.9 Å². The number of amides is 3. The summed E-state index contributed by atoms with van der Waals surface area (Å²) in [6, 6.07) is 2.51. The summed E-state index contributed by atoms with van der Waals surface area (Å²) in [5, 5.41) is 14.7. The number of aromatic nitrogens is 1. The summed E-state index contributed by atoms with van der Waals surface area (Å²) in [5.41, 5.74) is 2.97. The number of hydrogen-bond acceptors (Lipinski definition) is 6. The van der Waals surface area contributed by atoms with Crippen molar-refractivity contribution >= 4 is 35.6 Å². The zero-order valence-corrected chi connectivity index (χ0v) is 16.8. The first-order valence-corrected chi connectivity index (χ1v) is 10.3. The molecule has 2 heterocycles. The topological polar surface area (TPSA) is 115 Å². The number of carbonyl (C=O) groups is 3. The van der Waals surface area contributed by atoms with E-state index in [9.17, 15) is 19.6 Å². The number of hydroxylamine groups is 2. The van der Waals surface area contributed by atoms with Crippen molar-refractivity contribution in [1.82, 2.24) is 20.5 Å². The van der Waals surface area contributed by atoms with Crippen LogP contribution in [0.5, 0.6) is 0 Å². The molecule has 2 fully saturated rings. The molecule has 158 valence electrons. The van der Waals surface area contributed by atoms with Crippen LogP contribution in [-0.2, 0) is 14.4 Å². The highest BCUT2D eigenvalue weighted by Crippen LogP contribution is 2.31. The van der Waals surface area contributed by atoms with Crippen LogP contribution in [0.3, 0.4) is 0 Å². The van der Waals surface area contributed by atoms with Crippen LogP contribution < -0.4 is 10.7 Å². The first kappa shape index (κ1) is 21.5. The minimum atomic E-state index is -0.700. The number of nitrogens with zero attached hydrogens (tertiary/aromatic N) is 3. The molecule has 29 heavy (non-hydrogen) atoms. The smallest absolute Gasteiger partial charge is 0.250 e. The van der Waals surface area contributed by atoms with Crippen LogP contribution in [0.4, 0.5) is 5.82 Å². The standard InChI is InChI=1S/C19H26ClN5O4/c20-15-5-6-17(21-10-15)23-18(27)16-7-8-22-25(16)19(28)14(11-24(29)12-26)9-13-3-1-2-4-13/h5-6,10,12-14,16,22,29H,1-4,7-9,11H2,(H,21,23,27). The molecule has 1 aromatic heterocycles. The van der Waals surface area contributed by atoms with E-state index >= 15 is 0 Å². The van der Waals surface area contributed by atoms with E-state index < -0.39 is 12.0 Å². The van der Waals surface area contributed by atoms with E-state index in [1.54, 1.807) is 12.1 Å². The molecule has 2 aliphatic rings. The summed E-state index contributed by atoms with van der Waals surface area (Å²) in [4.78, 5) is 40.8. The molecule has 1 saturated heterocycles. The fraction of sp³-hybridized carbons (Fsp3) is 0.579. The van der Waals surface area contributed by atoms with Crippen LogP contribution in [0.1, 0.15) is 38.5 Å². The lowest BCUT2D eigenvalue weighted by Crippen LogP contribution is -2.51. The Labute approximate surface area is 174 Å². The molecule has 0 radical (unpaired) electrons. The summed E-state index contributed by atoms with van der Waals surface area (Å²) in [7, 11) is 0. The Kier molecular flexibility index (Phi) is 7.40. The molecule has 10 heteroatoms. The largest absolute Gasteiger partial charge is 0.309 e. The number of hydrazine groups is 1. The normalized spacial score (nSPS) is 20.5. The predicted molar refractivity (Wildman–Crippen MR) is 106 cm³/mol. The average molecular weight is 424 g/mol. The lowest BCUT2D eigenvalue weighted by Gasteiger charge is -2.29. The number of rotatable bonds is 8. The Morgan fingerprint density at radius 2 is 2.14 bits per heavy atom. The van der Waals surface area contributed by atoms with Gasteiger partial charge in [-0.15, -0.1) is 0 Å². The van der Waals surface area contributed by atoms with Gasteiger partial charge in [0.15, 0.2) is 0 Å². The molecule has 1 saturated carbocycles. The Hall–Kier alpha value is -2.23. The molecule has 2 atom stereocenters. The van der Waals surface area contributed by atoms with Crippen molar-refractivity contribution in [2.45, 2.75) is 44.6 Å². The zero-order chi connectivity index (χ0) is 20.8. The monoisotopic (exact) mass is 423 g/mol. The van der Waals surface area contributed by atoms with Gasteiger partial charge in [-0.3, -0.25) is 24.6 Å². The van der Waals surface area contributed by atoms with E-state index in [4.69, 9.17) is 11.6 Å². The highest BCUT2D eigenvalue weighted by molar-refractivity contribution is 6.30. The summed E-state index contributed by atoms with van der Waals surface area (Å²) in [5.74, 6) is -0.489. The second-order valence-electron chi connectivity index (χ2n) is 7.58. The second kappa shape index (κ2) is 10.00. The van der Waals surface area contributed by atoms with E-state index in [2.05, 4.69) is 15.7 Å². The predicted octanol–water partition coefficient (Wildman–Crippen LogP) is 1.82. The van der Waals surface area contributed by atoms with Crippen molar-refractivity contribution in [3.8, 4) is 0 Å². The van der Waals surface area contributed by atoms with Gasteiger partial charge in [0.2, 0.25) is 18.2 Å². The SMILES string of the molecule is O=CN(O)CC(CC1CCCC1)C(=O)N1NCCC1C(=O)Nc1ccc(Cl)cn1. The van der Waals surface area contributed by atoms with Gasteiger partial charge in [0.25, 0.3) is 0 Å². The molecule has 1 aromatic rings. The molecule has 3 rings (SSSR count). The molecule has 3 N–H and O–H groups in total. The summed E-state index contributed by atoms with van der Waals surface area (Å²) >= 11 is 5.81. The maximum atomic E-state index is 13.2. The molecule has 3 amide bonds. The van der Waals surface area contributed by atoms with Gasteiger partial charge in [-0.2, -0.15) is 0 Å². The van der Waals surface area contributed by atoms with Crippen LogP contribution in [0, 0.1) is 11.8 Å². The molecular formula is C19H26ClN5O4. The molecule has 1 aliphatic carbocycles. The molecule has 2 unspecified atom stereocenters. The van der Waals surface area contributed by atoms with E-state index in [1.807, 2.05) is 0 Å². The Bertz CT molecular complexity index is 726. The fourth-order valence-electron chi connectivity index (χ4n) is 4.07. The lowest BCUT2D eigenvalue weighted by molar-refractivity contribution is -0.159. The molecular weight excluding hydrogens is 398 g/mol. The first-order valence-electron chi connectivity index (χ1n) is 9.87. The minimum Gasteiger partial charge on any atom is -0.309 e. The number of anilines is 1. The number of carbonyl (C=O) groups excluding carboxylic acids is 3. The first-order chi connectivity index (χ1) is 14.0. The van der Waals surface area contributed by atoms with Gasteiger partial charge in [0, 0.05) is 12.7 Å². The zero-order valence-electron chi connectivity index (χ0n) is 16.1. The van der Waals surface area contributed by atoms with Crippen molar-refractivity contribution in [3.63, 3.8) is 0 Å². The Balaban J connectivity index is 1.68. The van der Waals surface area contributed by atoms with Gasteiger partial charge in [-0.25, -0.2) is 15.5 Å². The molecule has 1 aliphatic heterocycles. The number of nitrogens with one attached hydrogen (secondary N) is 2. The van der Waals surface area contributed by atoms with Crippen molar-refractivity contribution in [2.75, 3.05) is 18.4 Å². The van der Waals surface area contributed by atoms with Crippen molar-refractivity contribution < 1.29 is 19.6 Å². The van der Waals surface area contributed by atoms with Gasteiger partial charge < -0.3 is 5.32 Å². The van der Waals surface area contributed by atoms with Gasteiger partial charge in [0.05, 0.1) is 17.5 Å². The van der Waals surface area contributed by atoms with Crippen molar-refractivity contribution in [1.29, 1.82) is 0 Å². The van der Waals surface area contributed by atoms with Crippen molar-refractivity contribution in [3.05, 3.63) is 23.4 Å². The molecule has 0 spiro atoms. The van der Waals surface area contributed by atoms with Crippen molar-refractivity contribution in [2.24, 2.45) is 11.8 Å². The number of pyridine rings is 1. The van der Waals surface area contributed by atoms with E-state index in [-0.39, 0.29) is 18.4 Å². The average Bonchev–Trinajstić information content (AvgIpc) is 3.40. The lowest BCUT2D eigenvalue weighted by atomic mass is 9.92. The van der Waals surface area contributed by atoms with Crippen LogP contribution in [0.15, 0.2) is 18.3 Å². The van der Waals surface area contributed by atoms with Crippen LogP contribution >= 0.6 is 11.6 Å². The van der Waals surface area contributed by atoms with Crippen LogP contribution in [-0.4, -0.2) is 57.6 Å². The second-order valence-corrected chi connectivity index (χ2v) is 8.02. The minimum absolute atomic E-state index is 0.0932. The third-order valence-corrected chi connectivity index (χ3v) is 5.72. The molecule has 0 aromatic carbocycles. The molecule has 0 bridgehead atoms. The van der Waals surface area contributed by atoms with Gasteiger partial charge in [-0.1, -0.05) is 37.3 Å². The number of halogens is 1. The summed E-state index contributed by atoms with van der Waals surface area (Å²) in [6.45, 7) is 0.384.